The van der Waals surface area contributed by atoms with Crippen LogP contribution in [-0.2, 0) is 9.84 Å². The molecule has 5 nitrogen and oxygen atoms in total. The summed E-state index contributed by atoms with van der Waals surface area (Å²) in [6.07, 6.45) is 3.25. The maximum Gasteiger partial charge on any atom is 0.188 e. The van der Waals surface area contributed by atoms with Crippen LogP contribution in [0.3, 0.4) is 0 Å². The highest BCUT2D eigenvalue weighted by atomic mass is 32.2. The smallest absolute Gasteiger partial charge is 0.188 e. The molecular weight excluding hydrogens is 362 g/mol. The van der Waals surface area contributed by atoms with Crippen LogP contribution in [0.2, 0.25) is 0 Å². The van der Waals surface area contributed by atoms with Gasteiger partial charge in [-0.15, -0.1) is 0 Å². The third kappa shape index (κ3) is 3.60. The summed E-state index contributed by atoms with van der Waals surface area (Å²) >= 11 is 0. The number of carbonyl (C=O) groups excluding carboxylic acids is 1. The summed E-state index contributed by atoms with van der Waals surface area (Å²) in [4.78, 5) is 12.2. The Kier molecular flexibility index (Phi) is 4.79. The van der Waals surface area contributed by atoms with E-state index in [0.29, 0.717) is 23.7 Å². The van der Waals surface area contributed by atoms with Gasteiger partial charge in [0.2, 0.25) is 0 Å². The molecule has 0 unspecified atom stereocenters. The second-order valence-electron chi connectivity index (χ2n) is 6.41. The first-order valence-electron chi connectivity index (χ1n) is 8.11. The van der Waals surface area contributed by atoms with E-state index in [1.165, 1.54) is 12.2 Å². The number of ketones is 1. The molecule has 0 N–H and O–H groups in total. The second-order valence-corrected chi connectivity index (χ2v) is 8.64. The highest BCUT2D eigenvalue weighted by Gasteiger charge is 2.31. The minimum Gasteiger partial charge on any atom is -0.289 e. The Bertz CT molecular complexity index is 1010. The lowest BCUT2D eigenvalue weighted by Gasteiger charge is -2.10. The lowest BCUT2D eigenvalue weighted by atomic mass is 10.1. The molecule has 0 saturated carbocycles. The Morgan fingerprint density at radius 2 is 2.04 bits per heavy atom. The van der Waals surface area contributed by atoms with Crippen LogP contribution in [0.25, 0.3) is 6.08 Å². The molecule has 1 saturated heterocycles. The van der Waals surface area contributed by atoms with Gasteiger partial charge in [0.25, 0.3) is 0 Å². The van der Waals surface area contributed by atoms with Crippen LogP contribution < -0.4 is 0 Å². The summed E-state index contributed by atoms with van der Waals surface area (Å²) in [6.45, 7) is 3.56. The summed E-state index contributed by atoms with van der Waals surface area (Å²) in [7, 11) is -3.04. The first-order valence-corrected chi connectivity index (χ1v) is 9.93. The number of sulfone groups is 1. The largest absolute Gasteiger partial charge is 0.289 e. The number of nitrogens with zero attached hydrogens (tertiary/aromatic N) is 2. The third-order valence-corrected chi connectivity index (χ3v) is 6.28. The summed E-state index contributed by atoms with van der Waals surface area (Å²) in [5.41, 5.74) is 1.86. The highest BCUT2D eigenvalue weighted by Crippen LogP contribution is 2.27. The number of carbonyl (C=O) groups is 1. The maximum atomic E-state index is 13.7. The summed E-state index contributed by atoms with van der Waals surface area (Å²) in [5, 5.41) is 4.40. The zero-order chi connectivity index (χ0) is 19.1. The van der Waals surface area contributed by atoms with Crippen LogP contribution >= 0.6 is 0 Å². The van der Waals surface area contributed by atoms with Crippen molar-refractivity contribution in [1.82, 2.24) is 9.78 Å². The van der Waals surface area contributed by atoms with Gasteiger partial charge < -0.3 is 0 Å². The number of hydrogen-bond acceptors (Lipinski definition) is 4. The van der Waals surface area contributed by atoms with Gasteiger partial charge in [-0.05, 0) is 44.6 Å². The van der Waals surface area contributed by atoms with E-state index in [1.54, 1.807) is 18.5 Å². The van der Waals surface area contributed by atoms with Gasteiger partial charge in [0, 0.05) is 17.3 Å². The van der Waals surface area contributed by atoms with Gasteiger partial charge in [-0.25, -0.2) is 17.2 Å². The average molecular weight is 380 g/mol. The van der Waals surface area contributed by atoms with Gasteiger partial charge in [-0.2, -0.15) is 5.10 Å². The quantitative estimate of drug-likeness (QED) is 0.604. The zero-order valence-corrected chi connectivity index (χ0v) is 15.2. The highest BCUT2D eigenvalue weighted by molar-refractivity contribution is 7.91. The van der Waals surface area contributed by atoms with Crippen LogP contribution in [0.15, 0.2) is 24.3 Å². The van der Waals surface area contributed by atoms with Gasteiger partial charge in [-0.1, -0.05) is 0 Å². The molecule has 1 aliphatic rings. The molecule has 1 atom stereocenters. The number of benzene rings is 1. The van der Waals surface area contributed by atoms with Crippen molar-refractivity contribution in [3.8, 4) is 0 Å². The van der Waals surface area contributed by atoms with Gasteiger partial charge >= 0.3 is 0 Å². The van der Waals surface area contributed by atoms with E-state index in [0.717, 1.165) is 17.8 Å². The van der Waals surface area contributed by atoms with Crippen molar-refractivity contribution >= 4 is 21.7 Å². The fourth-order valence-corrected chi connectivity index (χ4v) is 4.87. The molecule has 2 aromatic rings. The van der Waals surface area contributed by atoms with Gasteiger partial charge in [-0.3, -0.25) is 9.48 Å². The van der Waals surface area contributed by atoms with Gasteiger partial charge in [0.05, 0.1) is 28.8 Å². The van der Waals surface area contributed by atoms with E-state index >= 15 is 0 Å². The number of rotatable bonds is 4. The van der Waals surface area contributed by atoms with Crippen molar-refractivity contribution in [3.05, 3.63) is 58.4 Å². The Hall–Kier alpha value is -2.35. The molecule has 8 heteroatoms. The van der Waals surface area contributed by atoms with Crippen LogP contribution in [0.1, 0.15) is 39.8 Å². The summed E-state index contributed by atoms with van der Waals surface area (Å²) in [6, 6.07) is 2.57. The van der Waals surface area contributed by atoms with Crippen molar-refractivity contribution < 1.29 is 22.0 Å². The zero-order valence-electron chi connectivity index (χ0n) is 14.4. The molecule has 0 spiro atoms. The van der Waals surface area contributed by atoms with Crippen molar-refractivity contribution in [2.24, 2.45) is 0 Å². The molecule has 2 heterocycles. The number of allylic oxidation sites excluding steroid dienone is 1. The third-order valence-electron chi connectivity index (χ3n) is 4.53. The molecule has 138 valence electrons. The molecule has 1 fully saturated rings. The Morgan fingerprint density at radius 3 is 2.65 bits per heavy atom. The minimum absolute atomic E-state index is 0.0534. The number of hydrogen-bond donors (Lipinski definition) is 0. The van der Waals surface area contributed by atoms with Gasteiger partial charge in [0.15, 0.2) is 15.6 Å². The monoisotopic (exact) mass is 380 g/mol. The van der Waals surface area contributed by atoms with Crippen LogP contribution in [0.4, 0.5) is 8.78 Å². The Morgan fingerprint density at radius 1 is 1.31 bits per heavy atom. The van der Waals surface area contributed by atoms with Crippen LogP contribution in [0.5, 0.6) is 0 Å². The van der Waals surface area contributed by atoms with Crippen LogP contribution in [0, 0.1) is 25.5 Å². The second kappa shape index (κ2) is 6.75. The molecule has 0 amide bonds. The maximum absolute atomic E-state index is 13.7. The lowest BCUT2D eigenvalue weighted by molar-refractivity contribution is 0.104. The summed E-state index contributed by atoms with van der Waals surface area (Å²) < 4.78 is 51.7. The van der Waals surface area contributed by atoms with Crippen LogP contribution in [-0.4, -0.2) is 35.5 Å². The lowest BCUT2D eigenvalue weighted by Crippen LogP contribution is -2.13. The molecular formula is C18H18F2N2O3S. The Labute approximate surface area is 150 Å². The minimum atomic E-state index is -3.04. The van der Waals surface area contributed by atoms with E-state index in [2.05, 4.69) is 5.10 Å². The first kappa shape index (κ1) is 18.4. The van der Waals surface area contributed by atoms with E-state index in [-0.39, 0.29) is 23.1 Å². The predicted molar refractivity (Wildman–Crippen MR) is 93.7 cm³/mol. The first-order chi connectivity index (χ1) is 12.2. The molecule has 0 aliphatic carbocycles. The summed E-state index contributed by atoms with van der Waals surface area (Å²) in [5.74, 6) is -2.05. The topological polar surface area (TPSA) is 69.0 Å². The van der Waals surface area contributed by atoms with Crippen molar-refractivity contribution in [3.63, 3.8) is 0 Å². The van der Waals surface area contributed by atoms with E-state index in [9.17, 15) is 22.0 Å². The van der Waals surface area contributed by atoms with E-state index in [1.807, 2.05) is 0 Å². The molecule has 0 radical (unpaired) electrons. The van der Waals surface area contributed by atoms with E-state index in [4.69, 9.17) is 0 Å². The average Bonchev–Trinajstić information content (AvgIpc) is 3.04. The van der Waals surface area contributed by atoms with Crippen molar-refractivity contribution in [2.75, 3.05) is 11.5 Å². The van der Waals surface area contributed by atoms with Crippen molar-refractivity contribution in [2.45, 2.75) is 26.3 Å². The SMILES string of the molecule is Cc1nn([C@H]2CCS(=O)(=O)C2)c(C)c1/C=C/C(=O)c1ccc(F)cc1F. The van der Waals surface area contributed by atoms with E-state index < -0.39 is 27.3 Å². The molecule has 1 aliphatic heterocycles. The molecule has 26 heavy (non-hydrogen) atoms. The fraction of sp³-hybridized carbons (Fsp3) is 0.333. The standard InChI is InChI=1S/C18H18F2N2O3S/c1-11-15(5-6-18(23)16-4-3-13(19)9-17(16)20)12(2)22(21-11)14-7-8-26(24,25)10-14/h3-6,9,14H,7-8,10H2,1-2H3/b6-5+/t14-/m0/s1. The van der Waals surface area contributed by atoms with Gasteiger partial charge in [0.1, 0.15) is 11.6 Å². The molecule has 1 aromatic carbocycles. The Balaban J connectivity index is 1.86. The normalized spacial score (nSPS) is 19.3. The number of aromatic nitrogens is 2. The van der Waals surface area contributed by atoms with Crippen molar-refractivity contribution in [1.29, 1.82) is 0 Å². The molecule has 0 bridgehead atoms. The number of halogens is 2. The predicted octanol–water partition coefficient (Wildman–Crippen LogP) is 3.03. The fourth-order valence-electron chi connectivity index (χ4n) is 3.18. The molecule has 1 aromatic heterocycles. The molecule has 3 rings (SSSR count). The number of aryl methyl sites for hydroxylation is 1.